The number of anilines is 1. The monoisotopic (exact) mass is 362 g/mol. The Bertz CT molecular complexity index is 964. The number of rotatable bonds is 4. The fraction of sp³-hybridized carbons (Fsp3) is 0.125. The van der Waals surface area contributed by atoms with Gasteiger partial charge in [0, 0.05) is 5.02 Å². The molecule has 0 fully saturated rings. The van der Waals surface area contributed by atoms with E-state index in [1.54, 1.807) is 48.5 Å². The van der Waals surface area contributed by atoms with Gasteiger partial charge in [-0.2, -0.15) is 4.68 Å². The molecule has 8 heteroatoms. The molecule has 0 saturated heterocycles. The highest BCUT2D eigenvalue weighted by Crippen LogP contribution is 2.26. The van der Waals surface area contributed by atoms with Crippen molar-refractivity contribution < 1.29 is 8.42 Å². The zero-order valence-corrected chi connectivity index (χ0v) is 14.4. The minimum atomic E-state index is -3.84. The summed E-state index contributed by atoms with van der Waals surface area (Å²) in [5.41, 5.74) is 7.60. The van der Waals surface area contributed by atoms with Crippen molar-refractivity contribution in [1.82, 2.24) is 15.0 Å². The molecular formula is C16H15ClN4O2S. The number of hydrogen-bond donors (Lipinski definition) is 1. The van der Waals surface area contributed by atoms with Crippen molar-refractivity contribution in [3.8, 4) is 5.69 Å². The molecule has 0 aliphatic heterocycles. The van der Waals surface area contributed by atoms with Gasteiger partial charge in [-0.3, -0.25) is 0 Å². The van der Waals surface area contributed by atoms with Crippen molar-refractivity contribution in [2.24, 2.45) is 0 Å². The Labute approximate surface area is 144 Å². The Kier molecular flexibility index (Phi) is 4.29. The van der Waals surface area contributed by atoms with Crippen LogP contribution in [0.2, 0.25) is 5.02 Å². The number of aryl methyl sites for hydroxylation is 1. The lowest BCUT2D eigenvalue weighted by Gasteiger charge is -2.05. The number of nitrogens with two attached hydrogens (primary N) is 1. The van der Waals surface area contributed by atoms with E-state index in [2.05, 4.69) is 10.3 Å². The third kappa shape index (κ3) is 2.88. The standard InChI is InChI=1S/C16H15ClN4O2S/c1-2-11-3-9-14(10-4-11)24(22,23)16-15(18)21(20-19-16)13-7-5-12(17)6-8-13/h3-10H,2,18H2,1H3. The average molecular weight is 363 g/mol. The Morgan fingerprint density at radius 2 is 1.71 bits per heavy atom. The van der Waals surface area contributed by atoms with Gasteiger partial charge in [-0.1, -0.05) is 35.9 Å². The molecule has 2 aromatic carbocycles. The summed E-state index contributed by atoms with van der Waals surface area (Å²) in [6.45, 7) is 2.00. The maximum Gasteiger partial charge on any atom is 0.229 e. The lowest BCUT2D eigenvalue weighted by Crippen LogP contribution is -2.08. The summed E-state index contributed by atoms with van der Waals surface area (Å²) >= 11 is 5.85. The number of benzene rings is 2. The molecule has 124 valence electrons. The van der Waals surface area contributed by atoms with Crippen molar-refractivity contribution in [1.29, 1.82) is 0 Å². The number of nitrogen functional groups attached to an aromatic ring is 1. The van der Waals surface area contributed by atoms with Crippen molar-refractivity contribution in [2.45, 2.75) is 23.3 Å². The minimum absolute atomic E-state index is 0.0445. The number of nitrogens with zero attached hydrogens (tertiary/aromatic N) is 3. The summed E-state index contributed by atoms with van der Waals surface area (Å²) in [5, 5.41) is 7.93. The first-order valence-electron chi connectivity index (χ1n) is 7.24. The zero-order valence-electron chi connectivity index (χ0n) is 12.8. The largest absolute Gasteiger partial charge is 0.381 e. The second kappa shape index (κ2) is 6.26. The van der Waals surface area contributed by atoms with Gasteiger partial charge in [-0.25, -0.2) is 8.42 Å². The maximum atomic E-state index is 12.7. The summed E-state index contributed by atoms with van der Waals surface area (Å²) in [6, 6.07) is 13.3. The molecule has 0 radical (unpaired) electrons. The molecule has 3 rings (SSSR count). The average Bonchev–Trinajstić information content (AvgIpc) is 2.98. The van der Waals surface area contributed by atoms with Crippen molar-refractivity contribution >= 4 is 27.3 Å². The Morgan fingerprint density at radius 3 is 2.29 bits per heavy atom. The van der Waals surface area contributed by atoms with E-state index in [0.29, 0.717) is 10.7 Å². The van der Waals surface area contributed by atoms with Crippen LogP contribution in [0.4, 0.5) is 5.82 Å². The van der Waals surface area contributed by atoms with Gasteiger partial charge in [-0.15, -0.1) is 5.10 Å². The van der Waals surface area contributed by atoms with Gasteiger partial charge in [0.15, 0.2) is 5.82 Å². The fourth-order valence-electron chi connectivity index (χ4n) is 2.26. The van der Waals surface area contributed by atoms with Crippen LogP contribution in [0.3, 0.4) is 0 Å². The van der Waals surface area contributed by atoms with Gasteiger partial charge in [0.25, 0.3) is 0 Å². The minimum Gasteiger partial charge on any atom is -0.381 e. The van der Waals surface area contributed by atoms with E-state index in [0.717, 1.165) is 12.0 Å². The summed E-state index contributed by atoms with van der Waals surface area (Å²) < 4.78 is 26.7. The maximum absolute atomic E-state index is 12.7. The third-order valence-electron chi connectivity index (χ3n) is 3.64. The fourth-order valence-corrected chi connectivity index (χ4v) is 3.61. The van der Waals surface area contributed by atoms with Crippen LogP contribution >= 0.6 is 11.6 Å². The second-order valence-corrected chi connectivity index (χ2v) is 7.47. The van der Waals surface area contributed by atoms with E-state index in [1.165, 1.54) is 4.68 Å². The van der Waals surface area contributed by atoms with Crippen LogP contribution in [0.5, 0.6) is 0 Å². The van der Waals surface area contributed by atoms with E-state index in [4.69, 9.17) is 17.3 Å². The van der Waals surface area contributed by atoms with Crippen LogP contribution in [0.15, 0.2) is 58.5 Å². The van der Waals surface area contributed by atoms with Gasteiger partial charge < -0.3 is 5.73 Å². The zero-order chi connectivity index (χ0) is 17.3. The highest BCUT2D eigenvalue weighted by molar-refractivity contribution is 7.91. The van der Waals surface area contributed by atoms with Crippen LogP contribution in [-0.4, -0.2) is 23.4 Å². The predicted octanol–water partition coefficient (Wildman–Crippen LogP) is 2.90. The first-order chi connectivity index (χ1) is 11.4. The van der Waals surface area contributed by atoms with Crippen LogP contribution in [0, 0.1) is 0 Å². The molecule has 1 aromatic heterocycles. The van der Waals surface area contributed by atoms with Gasteiger partial charge in [-0.05, 0) is 48.4 Å². The lowest BCUT2D eigenvalue weighted by atomic mass is 10.2. The molecule has 0 bridgehead atoms. The van der Waals surface area contributed by atoms with Gasteiger partial charge in [0.1, 0.15) is 0 Å². The number of aromatic nitrogens is 3. The number of sulfone groups is 1. The molecule has 0 saturated carbocycles. The molecule has 1 heterocycles. The quantitative estimate of drug-likeness (QED) is 0.770. The van der Waals surface area contributed by atoms with E-state index < -0.39 is 9.84 Å². The predicted molar refractivity (Wildman–Crippen MR) is 92.1 cm³/mol. The number of hydrogen-bond acceptors (Lipinski definition) is 5. The van der Waals surface area contributed by atoms with Gasteiger partial charge in [0.2, 0.25) is 14.9 Å². The number of halogens is 1. The first kappa shape index (κ1) is 16.5. The van der Waals surface area contributed by atoms with Crippen molar-refractivity contribution in [2.75, 3.05) is 5.73 Å². The molecule has 6 nitrogen and oxygen atoms in total. The highest BCUT2D eigenvalue weighted by Gasteiger charge is 2.26. The first-order valence-corrected chi connectivity index (χ1v) is 9.10. The Morgan fingerprint density at radius 1 is 1.08 bits per heavy atom. The van der Waals surface area contributed by atoms with Gasteiger partial charge in [0.05, 0.1) is 10.6 Å². The van der Waals surface area contributed by atoms with E-state index in [-0.39, 0.29) is 15.7 Å². The van der Waals surface area contributed by atoms with Gasteiger partial charge >= 0.3 is 0 Å². The van der Waals surface area contributed by atoms with E-state index in [1.807, 2.05) is 6.92 Å². The van der Waals surface area contributed by atoms with Crippen molar-refractivity contribution in [3.05, 3.63) is 59.1 Å². The topological polar surface area (TPSA) is 90.9 Å². The molecule has 0 aliphatic rings. The van der Waals surface area contributed by atoms with Crippen LogP contribution in [0.25, 0.3) is 5.69 Å². The highest BCUT2D eigenvalue weighted by atomic mass is 35.5. The summed E-state index contributed by atoms with van der Waals surface area (Å²) in [4.78, 5) is 0.134. The van der Waals surface area contributed by atoms with Crippen molar-refractivity contribution in [3.63, 3.8) is 0 Å². The molecule has 0 aliphatic carbocycles. The Hall–Kier alpha value is -2.38. The molecule has 2 N–H and O–H groups in total. The molecule has 0 spiro atoms. The summed E-state index contributed by atoms with van der Waals surface area (Å²) in [7, 11) is -3.84. The third-order valence-corrected chi connectivity index (χ3v) is 5.58. The lowest BCUT2D eigenvalue weighted by molar-refractivity contribution is 0.592. The molecule has 24 heavy (non-hydrogen) atoms. The van der Waals surface area contributed by atoms with Crippen LogP contribution in [0.1, 0.15) is 12.5 Å². The molecule has 3 aromatic rings. The summed E-state index contributed by atoms with van der Waals surface area (Å²) in [6.07, 6.45) is 0.829. The van der Waals surface area contributed by atoms with Crippen LogP contribution < -0.4 is 5.73 Å². The second-order valence-electron chi connectivity index (χ2n) is 5.17. The normalized spacial score (nSPS) is 11.6. The Balaban J connectivity index is 2.04. The smallest absolute Gasteiger partial charge is 0.229 e. The molecule has 0 amide bonds. The molecular weight excluding hydrogens is 348 g/mol. The molecule has 0 unspecified atom stereocenters. The molecule has 0 atom stereocenters. The van der Waals surface area contributed by atoms with Crippen LogP contribution in [-0.2, 0) is 16.3 Å². The van der Waals surface area contributed by atoms with E-state index >= 15 is 0 Å². The SMILES string of the molecule is CCc1ccc(S(=O)(=O)c2nnn(-c3ccc(Cl)cc3)c2N)cc1. The van der Waals surface area contributed by atoms with E-state index in [9.17, 15) is 8.42 Å². The summed E-state index contributed by atoms with van der Waals surface area (Å²) in [5.74, 6) is -0.0445.